The summed E-state index contributed by atoms with van der Waals surface area (Å²) in [4.78, 5) is 4.22. The molecule has 0 aliphatic rings. The van der Waals surface area contributed by atoms with E-state index in [4.69, 9.17) is 0 Å². The third kappa shape index (κ3) is 7.67. The minimum absolute atomic E-state index is 0. The first-order chi connectivity index (χ1) is 5.91. The van der Waals surface area contributed by atoms with Crippen LogP contribution in [0.25, 0.3) is 0 Å². The molecule has 0 aliphatic carbocycles. The zero-order valence-electron chi connectivity index (χ0n) is 12.1. The second kappa shape index (κ2) is 9.79. The monoisotopic (exact) mass is 315 g/mol. The van der Waals surface area contributed by atoms with Crippen LogP contribution in [-0.4, -0.2) is 15.7 Å². The Labute approximate surface area is 126 Å². The first-order valence-corrected chi connectivity index (χ1v) is 4.34. The number of hydrogen-bond donors (Lipinski definition) is 1. The first-order valence-electron chi connectivity index (χ1n) is 4.34. The van der Waals surface area contributed by atoms with Gasteiger partial charge in [-0.1, -0.05) is 6.07 Å². The average Bonchev–Trinajstić information content (AvgIpc) is 2.01. The van der Waals surface area contributed by atoms with E-state index in [9.17, 15) is 5.21 Å². The fourth-order valence-corrected chi connectivity index (χ4v) is 0.990. The maximum Gasteiger partial charge on any atom is 4.00 e. The van der Waals surface area contributed by atoms with Crippen LogP contribution in [0.1, 0.15) is 26.5 Å². The summed E-state index contributed by atoms with van der Waals surface area (Å²) < 4.78 is 0. The predicted molar refractivity (Wildman–Crippen MR) is 72.2 cm³/mol. The Bertz CT molecular complexity index is 298. The molecule has 0 atom stereocenters. The number of aryl methyl sites for hydroxylation is 1. The standard InChI is InChI=1S/C10H16N2O.3CH3.Zr/c1-8-6-5-7-9(11-8)12(13)10(2,3)4;;;;/h5-7,13H,1-4H3;3*1H3;/q;3*-1;+4. The van der Waals surface area contributed by atoms with Crippen LogP contribution in [0.4, 0.5) is 5.82 Å². The largest absolute Gasteiger partial charge is 4.00 e. The Hall–Kier alpha value is -0.207. The second-order valence-corrected chi connectivity index (χ2v) is 4.12. The summed E-state index contributed by atoms with van der Waals surface area (Å²) in [6, 6.07) is 5.57. The number of rotatable bonds is 1. The Morgan fingerprint density at radius 2 is 1.59 bits per heavy atom. The molecule has 4 heteroatoms. The maximum atomic E-state index is 9.75. The Kier molecular flexibility index (Phi) is 14.7. The summed E-state index contributed by atoms with van der Waals surface area (Å²) >= 11 is 0. The van der Waals surface area contributed by atoms with E-state index in [1.165, 1.54) is 5.06 Å². The van der Waals surface area contributed by atoms with Crippen molar-refractivity contribution in [1.29, 1.82) is 0 Å². The zero-order chi connectivity index (χ0) is 10.1. The van der Waals surface area contributed by atoms with Gasteiger partial charge in [0.05, 0.1) is 5.54 Å². The molecule has 0 unspecified atom stereocenters. The van der Waals surface area contributed by atoms with Crippen molar-refractivity contribution in [2.45, 2.75) is 33.2 Å². The van der Waals surface area contributed by atoms with Crippen LogP contribution in [0.3, 0.4) is 0 Å². The predicted octanol–water partition coefficient (Wildman–Crippen LogP) is 3.73. The van der Waals surface area contributed by atoms with Gasteiger partial charge in [-0.05, 0) is 39.8 Å². The molecule has 3 nitrogen and oxygen atoms in total. The third-order valence-electron chi connectivity index (χ3n) is 1.73. The van der Waals surface area contributed by atoms with E-state index in [2.05, 4.69) is 4.98 Å². The molecule has 0 radical (unpaired) electrons. The molecule has 1 aromatic heterocycles. The molecule has 0 saturated heterocycles. The molecular weight excluding hydrogens is 291 g/mol. The van der Waals surface area contributed by atoms with Crippen LogP contribution >= 0.6 is 0 Å². The van der Waals surface area contributed by atoms with Gasteiger partial charge < -0.3 is 22.3 Å². The summed E-state index contributed by atoms with van der Waals surface area (Å²) in [7, 11) is 0. The molecule has 1 N–H and O–H groups in total. The topological polar surface area (TPSA) is 36.4 Å². The molecule has 96 valence electrons. The van der Waals surface area contributed by atoms with Crippen molar-refractivity contribution in [3.8, 4) is 0 Å². The van der Waals surface area contributed by atoms with E-state index in [1.807, 2.05) is 39.8 Å². The minimum Gasteiger partial charge on any atom is -0.358 e. The SMILES string of the molecule is Cc1cccc(N(O)C(C)(C)C)n1.[CH3-].[CH3-].[CH3-].[Zr+4]. The van der Waals surface area contributed by atoms with Crippen molar-refractivity contribution in [3.63, 3.8) is 0 Å². The zero-order valence-corrected chi connectivity index (χ0v) is 14.5. The molecule has 0 aliphatic heterocycles. The molecule has 1 rings (SSSR count). The van der Waals surface area contributed by atoms with E-state index in [0.717, 1.165) is 5.69 Å². The number of pyridine rings is 1. The number of hydroxylamine groups is 1. The van der Waals surface area contributed by atoms with Crippen LogP contribution in [0.2, 0.25) is 0 Å². The molecule has 0 bridgehead atoms. The number of anilines is 1. The molecule has 0 amide bonds. The Morgan fingerprint density at radius 3 is 1.94 bits per heavy atom. The smallest absolute Gasteiger partial charge is 0.358 e. The first kappa shape index (κ1) is 25.6. The van der Waals surface area contributed by atoms with Gasteiger partial charge in [0.2, 0.25) is 0 Å². The van der Waals surface area contributed by atoms with Gasteiger partial charge >= 0.3 is 26.2 Å². The van der Waals surface area contributed by atoms with Gasteiger partial charge in [-0.2, -0.15) is 0 Å². The van der Waals surface area contributed by atoms with E-state index >= 15 is 0 Å². The van der Waals surface area contributed by atoms with Gasteiger partial charge in [-0.25, -0.2) is 10.0 Å². The van der Waals surface area contributed by atoms with Crippen molar-refractivity contribution in [2.75, 3.05) is 5.06 Å². The summed E-state index contributed by atoms with van der Waals surface area (Å²) in [5, 5.41) is 10.9. The van der Waals surface area contributed by atoms with E-state index in [-0.39, 0.29) is 54.0 Å². The Balaban J connectivity index is -0.000000211. The van der Waals surface area contributed by atoms with Gasteiger partial charge in [0, 0.05) is 5.69 Å². The van der Waals surface area contributed by atoms with Crippen molar-refractivity contribution in [1.82, 2.24) is 4.98 Å². The van der Waals surface area contributed by atoms with Crippen LogP contribution in [0, 0.1) is 29.2 Å². The third-order valence-corrected chi connectivity index (χ3v) is 1.73. The number of hydrogen-bond acceptors (Lipinski definition) is 3. The van der Waals surface area contributed by atoms with Gasteiger partial charge in [-0.15, -0.1) is 0 Å². The van der Waals surface area contributed by atoms with E-state index in [1.54, 1.807) is 6.07 Å². The molecule has 1 heterocycles. The maximum absolute atomic E-state index is 9.75. The van der Waals surface area contributed by atoms with Crippen LogP contribution in [0.5, 0.6) is 0 Å². The number of aromatic nitrogens is 1. The van der Waals surface area contributed by atoms with E-state index in [0.29, 0.717) is 5.82 Å². The van der Waals surface area contributed by atoms with Crippen molar-refractivity contribution in [2.24, 2.45) is 0 Å². The average molecular weight is 317 g/mol. The van der Waals surface area contributed by atoms with Gasteiger partial charge in [-0.3, -0.25) is 5.21 Å². The molecule has 0 fully saturated rings. The Morgan fingerprint density at radius 1 is 1.12 bits per heavy atom. The molecule has 17 heavy (non-hydrogen) atoms. The van der Waals surface area contributed by atoms with Crippen LogP contribution in [0.15, 0.2) is 18.2 Å². The molecule has 0 saturated carbocycles. The quantitative estimate of drug-likeness (QED) is 0.633. The summed E-state index contributed by atoms with van der Waals surface area (Å²) in [5.41, 5.74) is 0.585. The van der Waals surface area contributed by atoms with Crippen LogP contribution in [-0.2, 0) is 26.2 Å². The fourth-order valence-electron chi connectivity index (χ4n) is 0.990. The van der Waals surface area contributed by atoms with Crippen LogP contribution < -0.4 is 5.06 Å². The van der Waals surface area contributed by atoms with Crippen molar-refractivity contribution < 1.29 is 31.4 Å². The molecular formula is C13H25N2OZr+. The van der Waals surface area contributed by atoms with E-state index < -0.39 is 0 Å². The molecule has 0 aromatic carbocycles. The summed E-state index contributed by atoms with van der Waals surface area (Å²) in [6.07, 6.45) is 0. The fraction of sp³-hybridized carbons (Fsp3) is 0.385. The van der Waals surface area contributed by atoms with Crippen molar-refractivity contribution >= 4 is 5.82 Å². The summed E-state index contributed by atoms with van der Waals surface area (Å²) in [5.74, 6) is 0.590. The van der Waals surface area contributed by atoms with Gasteiger partial charge in [0.15, 0.2) is 5.82 Å². The second-order valence-electron chi connectivity index (χ2n) is 4.12. The molecule has 0 spiro atoms. The number of nitrogens with zero attached hydrogens (tertiary/aromatic N) is 2. The normalized spacial score (nSPS) is 8.76. The summed E-state index contributed by atoms with van der Waals surface area (Å²) in [6.45, 7) is 7.69. The van der Waals surface area contributed by atoms with Gasteiger partial charge in [0.25, 0.3) is 0 Å². The molecule has 1 aromatic rings. The van der Waals surface area contributed by atoms with Gasteiger partial charge in [0.1, 0.15) is 0 Å². The van der Waals surface area contributed by atoms with Crippen molar-refractivity contribution in [3.05, 3.63) is 46.2 Å². The minimum atomic E-state index is -0.319.